The van der Waals surface area contributed by atoms with Gasteiger partial charge in [0, 0.05) is 12.2 Å². The fraction of sp³-hybridized carbons (Fsp3) is 0.0625. The molecule has 0 radical (unpaired) electrons. The summed E-state index contributed by atoms with van der Waals surface area (Å²) in [6.45, 7) is 3.97. The Labute approximate surface area is 117 Å². The molecule has 0 atom stereocenters. The number of hydrogen-bond donors (Lipinski definition) is 1. The summed E-state index contributed by atoms with van der Waals surface area (Å²) in [5.74, 6) is -0.465. The Balaban J connectivity index is 2.20. The number of carbonyl (C=O) groups is 1. The van der Waals surface area contributed by atoms with Crippen LogP contribution in [0.15, 0.2) is 67.3 Å². The van der Waals surface area contributed by atoms with Gasteiger partial charge in [-0.15, -0.1) is 6.58 Å². The molecule has 0 aliphatic rings. The van der Waals surface area contributed by atoms with E-state index in [1.54, 1.807) is 18.2 Å². The summed E-state index contributed by atoms with van der Waals surface area (Å²) in [6.07, 6.45) is 1.62. The summed E-state index contributed by atoms with van der Waals surface area (Å²) in [5.41, 5.74) is 0.878. The highest BCUT2D eigenvalue weighted by Crippen LogP contribution is 2.17. The number of para-hydroxylation sites is 2. The van der Waals surface area contributed by atoms with Crippen LogP contribution in [-0.4, -0.2) is 12.6 Å². The van der Waals surface area contributed by atoms with Crippen molar-refractivity contribution in [3.63, 3.8) is 0 Å². The normalized spacial score (nSPS) is 9.85. The maximum Gasteiger partial charge on any atom is 0.326 e. The van der Waals surface area contributed by atoms with E-state index in [1.165, 1.54) is 17.0 Å². The first kappa shape index (κ1) is 13.8. The highest BCUT2D eigenvalue weighted by molar-refractivity contribution is 6.01. The van der Waals surface area contributed by atoms with Crippen molar-refractivity contribution in [1.82, 2.24) is 0 Å². The number of carbonyl (C=O) groups excluding carboxylic acids is 1. The minimum absolute atomic E-state index is 0.155. The van der Waals surface area contributed by atoms with Crippen LogP contribution in [0.3, 0.4) is 0 Å². The minimum atomic E-state index is -0.465. The molecular formula is C16H15FN2O. The lowest BCUT2D eigenvalue weighted by Crippen LogP contribution is -2.35. The van der Waals surface area contributed by atoms with Gasteiger partial charge in [-0.1, -0.05) is 36.4 Å². The summed E-state index contributed by atoms with van der Waals surface area (Å²) < 4.78 is 13.5. The van der Waals surface area contributed by atoms with Crippen molar-refractivity contribution < 1.29 is 9.18 Å². The van der Waals surface area contributed by atoms with E-state index >= 15 is 0 Å². The van der Waals surface area contributed by atoms with Crippen LogP contribution in [-0.2, 0) is 0 Å². The second kappa shape index (κ2) is 6.52. The molecule has 20 heavy (non-hydrogen) atoms. The topological polar surface area (TPSA) is 32.3 Å². The van der Waals surface area contributed by atoms with Crippen molar-refractivity contribution in [1.29, 1.82) is 0 Å². The molecule has 0 bridgehead atoms. The molecule has 2 rings (SSSR count). The number of hydrogen-bond acceptors (Lipinski definition) is 1. The smallest absolute Gasteiger partial charge is 0.305 e. The monoisotopic (exact) mass is 270 g/mol. The second-order valence-corrected chi connectivity index (χ2v) is 4.14. The maximum absolute atomic E-state index is 13.5. The van der Waals surface area contributed by atoms with Crippen LogP contribution in [0.1, 0.15) is 0 Å². The predicted octanol–water partition coefficient (Wildman–Crippen LogP) is 4.05. The van der Waals surface area contributed by atoms with Gasteiger partial charge in [0.05, 0.1) is 5.69 Å². The van der Waals surface area contributed by atoms with E-state index in [4.69, 9.17) is 0 Å². The summed E-state index contributed by atoms with van der Waals surface area (Å²) >= 11 is 0. The van der Waals surface area contributed by atoms with E-state index in [9.17, 15) is 9.18 Å². The molecular weight excluding hydrogens is 255 g/mol. The first-order chi connectivity index (χ1) is 9.72. The predicted molar refractivity (Wildman–Crippen MR) is 79.4 cm³/mol. The van der Waals surface area contributed by atoms with E-state index in [0.29, 0.717) is 6.54 Å². The van der Waals surface area contributed by atoms with Gasteiger partial charge in [-0.2, -0.15) is 0 Å². The quantitative estimate of drug-likeness (QED) is 0.835. The number of benzene rings is 2. The number of rotatable bonds is 4. The Bertz CT molecular complexity index is 598. The number of amides is 2. The lowest BCUT2D eigenvalue weighted by Gasteiger charge is -2.21. The summed E-state index contributed by atoms with van der Waals surface area (Å²) in [7, 11) is 0. The molecule has 0 unspecified atom stereocenters. The van der Waals surface area contributed by atoms with Gasteiger partial charge < -0.3 is 5.32 Å². The van der Waals surface area contributed by atoms with Crippen LogP contribution in [0.2, 0.25) is 0 Å². The second-order valence-electron chi connectivity index (χ2n) is 4.14. The standard InChI is InChI=1S/C16H15FN2O/c1-2-12-19(13-8-4-3-5-9-13)16(20)18-15-11-7-6-10-14(15)17/h2-11H,1,12H2,(H,18,20). The first-order valence-corrected chi connectivity index (χ1v) is 6.21. The molecule has 0 fully saturated rings. The van der Waals surface area contributed by atoms with Gasteiger partial charge in [0.2, 0.25) is 0 Å². The van der Waals surface area contributed by atoms with Gasteiger partial charge in [0.1, 0.15) is 5.82 Å². The van der Waals surface area contributed by atoms with Gasteiger partial charge in [0.25, 0.3) is 0 Å². The molecule has 0 saturated heterocycles. The molecule has 0 saturated carbocycles. The van der Waals surface area contributed by atoms with Gasteiger partial charge in [-0.25, -0.2) is 9.18 Å². The molecule has 4 heteroatoms. The summed E-state index contributed by atoms with van der Waals surface area (Å²) in [4.78, 5) is 13.7. The van der Waals surface area contributed by atoms with Crippen molar-refractivity contribution in [2.45, 2.75) is 0 Å². The third-order valence-corrected chi connectivity index (χ3v) is 2.74. The zero-order valence-corrected chi connectivity index (χ0v) is 10.9. The van der Waals surface area contributed by atoms with Crippen molar-refractivity contribution in [3.8, 4) is 0 Å². The average Bonchev–Trinajstić information content (AvgIpc) is 2.48. The zero-order chi connectivity index (χ0) is 14.4. The molecule has 2 aromatic carbocycles. The Hall–Kier alpha value is -2.62. The van der Waals surface area contributed by atoms with Gasteiger partial charge in [0.15, 0.2) is 0 Å². The zero-order valence-electron chi connectivity index (χ0n) is 10.9. The van der Waals surface area contributed by atoms with Crippen LogP contribution < -0.4 is 10.2 Å². The molecule has 0 aliphatic carbocycles. The SMILES string of the molecule is C=CCN(C(=O)Nc1ccccc1F)c1ccccc1. The fourth-order valence-corrected chi connectivity index (χ4v) is 1.79. The maximum atomic E-state index is 13.5. The molecule has 2 amide bonds. The fourth-order valence-electron chi connectivity index (χ4n) is 1.79. The van der Waals surface area contributed by atoms with Crippen molar-refractivity contribution in [2.24, 2.45) is 0 Å². The van der Waals surface area contributed by atoms with Crippen LogP contribution in [0, 0.1) is 5.82 Å². The number of nitrogens with zero attached hydrogens (tertiary/aromatic N) is 1. The Morgan fingerprint density at radius 2 is 1.80 bits per heavy atom. The summed E-state index contributed by atoms with van der Waals surface area (Å²) in [6, 6.07) is 14.8. The molecule has 0 spiro atoms. The average molecular weight is 270 g/mol. The van der Waals surface area contributed by atoms with Crippen LogP contribution >= 0.6 is 0 Å². The molecule has 102 valence electrons. The number of anilines is 2. The van der Waals surface area contributed by atoms with Gasteiger partial charge >= 0.3 is 6.03 Å². The molecule has 0 aromatic heterocycles. The van der Waals surface area contributed by atoms with Crippen LogP contribution in [0.5, 0.6) is 0 Å². The van der Waals surface area contributed by atoms with E-state index in [0.717, 1.165) is 5.69 Å². The van der Waals surface area contributed by atoms with Gasteiger partial charge in [-0.3, -0.25) is 4.90 Å². The number of halogens is 1. The number of urea groups is 1. The first-order valence-electron chi connectivity index (χ1n) is 6.21. The van der Waals surface area contributed by atoms with Crippen molar-refractivity contribution in [2.75, 3.05) is 16.8 Å². The van der Waals surface area contributed by atoms with E-state index in [-0.39, 0.29) is 5.69 Å². The third-order valence-electron chi connectivity index (χ3n) is 2.74. The third kappa shape index (κ3) is 3.23. The lowest BCUT2D eigenvalue weighted by atomic mass is 10.3. The molecule has 0 aliphatic heterocycles. The lowest BCUT2D eigenvalue weighted by molar-refractivity contribution is 0.257. The van der Waals surface area contributed by atoms with Gasteiger partial charge in [-0.05, 0) is 24.3 Å². The van der Waals surface area contributed by atoms with Crippen LogP contribution in [0.25, 0.3) is 0 Å². The molecule has 1 N–H and O–H groups in total. The van der Waals surface area contributed by atoms with E-state index in [1.807, 2.05) is 30.3 Å². The molecule has 0 heterocycles. The molecule has 2 aromatic rings. The Morgan fingerprint density at radius 1 is 1.15 bits per heavy atom. The summed E-state index contributed by atoms with van der Waals surface area (Å²) in [5, 5.41) is 2.56. The van der Waals surface area contributed by atoms with Crippen molar-refractivity contribution >= 4 is 17.4 Å². The Kier molecular flexibility index (Phi) is 4.50. The highest BCUT2D eigenvalue weighted by Gasteiger charge is 2.15. The largest absolute Gasteiger partial charge is 0.326 e. The van der Waals surface area contributed by atoms with Crippen molar-refractivity contribution in [3.05, 3.63) is 73.1 Å². The molecule has 3 nitrogen and oxygen atoms in total. The van der Waals surface area contributed by atoms with E-state index < -0.39 is 11.8 Å². The minimum Gasteiger partial charge on any atom is -0.305 e. The van der Waals surface area contributed by atoms with Crippen LogP contribution in [0.4, 0.5) is 20.6 Å². The number of nitrogens with one attached hydrogen (secondary N) is 1. The Morgan fingerprint density at radius 3 is 2.45 bits per heavy atom. The highest BCUT2D eigenvalue weighted by atomic mass is 19.1. The van der Waals surface area contributed by atoms with E-state index in [2.05, 4.69) is 11.9 Å².